The van der Waals surface area contributed by atoms with Gasteiger partial charge in [0.25, 0.3) is 0 Å². The fourth-order valence-corrected chi connectivity index (χ4v) is 0.891. The van der Waals surface area contributed by atoms with E-state index in [1.165, 1.54) is 0 Å². The Morgan fingerprint density at radius 1 is 0.944 bits per heavy atom. The number of aromatic carboxylic acids is 2. The molecule has 0 heterocycles. The second-order valence-electron chi connectivity index (χ2n) is 2.44. The molecule has 2 radical (unpaired) electrons. The van der Waals surface area contributed by atoms with Crippen LogP contribution in [-0.2, 0) is 33.6 Å². The van der Waals surface area contributed by atoms with Gasteiger partial charge in [-0.05, 0) is 11.6 Å². The average Bonchev–Trinajstić information content (AvgIpc) is 2.07. The molecule has 1 aromatic rings. The van der Waals surface area contributed by atoms with Crippen LogP contribution in [0, 0.1) is 0 Å². The van der Waals surface area contributed by atoms with Crippen molar-refractivity contribution in [2.75, 3.05) is 0 Å². The molecule has 0 aliphatic rings. The zero-order chi connectivity index (χ0) is 10.9. The quantitative estimate of drug-likeness (QED) is 0.560. The molecule has 104 valence electrons. The molecule has 0 amide bonds. The molecule has 0 spiro atoms. The van der Waals surface area contributed by atoms with Crippen LogP contribution in [0.25, 0.3) is 0 Å². The molecule has 1 aromatic carbocycles. The Kier molecular flexibility index (Phi) is 13.7. The van der Waals surface area contributed by atoms with Crippen LogP contribution in [0.15, 0.2) is 12.1 Å². The third kappa shape index (κ3) is 5.35. The first-order valence-corrected chi connectivity index (χ1v) is 3.40. The number of hydrogen-bond donors (Lipinski definition) is 1. The summed E-state index contributed by atoms with van der Waals surface area (Å²) in [5.74, 6) is -5.44. The molecule has 0 bridgehead atoms. The van der Waals surface area contributed by atoms with Gasteiger partial charge >= 0.3 is 33.6 Å². The number of benzene rings is 1. The number of aromatic hydroxyl groups is 1. The van der Waals surface area contributed by atoms with E-state index in [1.54, 1.807) is 0 Å². The molecule has 0 saturated carbocycles. The van der Waals surface area contributed by atoms with Crippen molar-refractivity contribution in [3.63, 3.8) is 0 Å². The Hall–Kier alpha value is -1.31. The van der Waals surface area contributed by atoms with Gasteiger partial charge in [0.2, 0.25) is 0 Å². The summed E-state index contributed by atoms with van der Waals surface area (Å²) in [6, 6.07) is 0.985. The van der Waals surface area contributed by atoms with Crippen LogP contribution in [0.5, 0.6) is 11.5 Å². The van der Waals surface area contributed by atoms with Crippen LogP contribution < -0.4 is 15.3 Å². The molecular formula is C8H7Co2O8+. The molecule has 0 aliphatic carbocycles. The van der Waals surface area contributed by atoms with Crippen LogP contribution in [0.2, 0.25) is 0 Å². The van der Waals surface area contributed by atoms with E-state index in [2.05, 4.69) is 0 Å². The van der Waals surface area contributed by atoms with Crippen LogP contribution >= 0.6 is 0 Å². The molecule has 5 N–H and O–H groups in total. The van der Waals surface area contributed by atoms with E-state index in [-0.39, 0.29) is 44.5 Å². The van der Waals surface area contributed by atoms with Crippen molar-refractivity contribution in [3.8, 4) is 11.5 Å². The summed E-state index contributed by atoms with van der Waals surface area (Å²) in [7, 11) is 0. The van der Waals surface area contributed by atoms with E-state index in [1.807, 2.05) is 0 Å². The van der Waals surface area contributed by atoms with E-state index in [9.17, 15) is 24.9 Å². The van der Waals surface area contributed by atoms with Gasteiger partial charge in [-0.1, -0.05) is 11.8 Å². The molecule has 18 heavy (non-hydrogen) atoms. The summed E-state index contributed by atoms with van der Waals surface area (Å²) in [4.78, 5) is 20.6. The third-order valence-corrected chi connectivity index (χ3v) is 1.54. The second kappa shape index (κ2) is 9.70. The van der Waals surface area contributed by atoms with Gasteiger partial charge < -0.3 is 41.0 Å². The zero-order valence-electron chi connectivity index (χ0n) is 8.31. The number of carboxylic acids is 2. The SMILES string of the molecule is O.O.O=C([O-])c1cc(O)c(C(=O)[O-])cc1[O-].[Co+2].[Co+2]. The predicted octanol–water partition coefficient (Wildman–Crippen LogP) is -4.46. The number of carbonyl (C=O) groups is 2. The Balaban J connectivity index is -0.000000245. The number of carbonyl (C=O) groups excluding carboxylic acids is 2. The largest absolute Gasteiger partial charge is 2.00 e. The van der Waals surface area contributed by atoms with Gasteiger partial charge in [0.1, 0.15) is 5.75 Å². The summed E-state index contributed by atoms with van der Waals surface area (Å²) in [5.41, 5.74) is -1.55. The van der Waals surface area contributed by atoms with Crippen molar-refractivity contribution in [1.82, 2.24) is 0 Å². The average molecular weight is 349 g/mol. The number of carboxylic acid groups (broad SMARTS) is 2. The number of phenols is 1. The maximum absolute atomic E-state index is 10.9. The maximum Gasteiger partial charge on any atom is 2.00 e. The first-order chi connectivity index (χ1) is 6.43. The zero-order valence-corrected chi connectivity index (χ0v) is 10.4. The van der Waals surface area contributed by atoms with Crippen molar-refractivity contribution in [3.05, 3.63) is 23.3 Å². The minimum absolute atomic E-state index is 0. The molecule has 0 unspecified atom stereocenters. The van der Waals surface area contributed by atoms with E-state index in [0.29, 0.717) is 12.1 Å². The van der Waals surface area contributed by atoms with Gasteiger partial charge in [-0.3, -0.25) is 0 Å². The number of hydrogen-bond acceptors (Lipinski definition) is 6. The summed E-state index contributed by atoms with van der Waals surface area (Å²) in [6.07, 6.45) is 0. The van der Waals surface area contributed by atoms with Crippen molar-refractivity contribution in [2.24, 2.45) is 0 Å². The Morgan fingerprint density at radius 3 is 1.67 bits per heavy atom. The van der Waals surface area contributed by atoms with Gasteiger partial charge in [0.05, 0.1) is 11.9 Å². The van der Waals surface area contributed by atoms with Crippen LogP contribution in [0.3, 0.4) is 0 Å². The van der Waals surface area contributed by atoms with Crippen molar-refractivity contribution < 1.29 is 74.5 Å². The van der Waals surface area contributed by atoms with Crippen molar-refractivity contribution in [1.29, 1.82) is 0 Å². The summed E-state index contributed by atoms with van der Waals surface area (Å²) in [6.45, 7) is 0. The minimum Gasteiger partial charge on any atom is -0.872 e. The normalized spacial score (nSPS) is 7.56. The summed E-state index contributed by atoms with van der Waals surface area (Å²) >= 11 is 0. The van der Waals surface area contributed by atoms with Crippen LogP contribution in [0.1, 0.15) is 20.7 Å². The molecular weight excluding hydrogens is 342 g/mol. The monoisotopic (exact) mass is 349 g/mol. The van der Waals surface area contributed by atoms with E-state index >= 15 is 0 Å². The first-order valence-electron chi connectivity index (χ1n) is 3.40. The first kappa shape index (κ1) is 25.5. The number of rotatable bonds is 2. The van der Waals surface area contributed by atoms with Gasteiger partial charge in [-0.2, -0.15) is 0 Å². The molecule has 8 nitrogen and oxygen atoms in total. The van der Waals surface area contributed by atoms with Crippen LogP contribution in [-0.4, -0.2) is 28.0 Å². The standard InChI is InChI=1S/C8H6O6.2Co.2H2O/c9-5-1-3(7(11)12)6(10)2-4(5)8(13)14;;;;/h1-2,9-10H,(H,11,12)(H,13,14);;;2*1H2/q;2*+2;;/p-3. The molecule has 0 aliphatic heterocycles. The Bertz CT molecular complexity index is 380. The predicted molar refractivity (Wildman–Crippen MR) is 43.4 cm³/mol. The Labute approximate surface area is 121 Å². The van der Waals surface area contributed by atoms with Gasteiger partial charge in [0.15, 0.2) is 0 Å². The second-order valence-corrected chi connectivity index (χ2v) is 2.44. The van der Waals surface area contributed by atoms with E-state index in [0.717, 1.165) is 0 Å². The molecule has 0 fully saturated rings. The fraction of sp³-hybridized carbons (Fsp3) is 0. The summed E-state index contributed by atoms with van der Waals surface area (Å²) in [5, 5.41) is 40.5. The fourth-order valence-electron chi connectivity index (χ4n) is 0.891. The van der Waals surface area contributed by atoms with Gasteiger partial charge in [0, 0.05) is 5.56 Å². The molecule has 0 saturated heterocycles. The Morgan fingerprint density at radius 2 is 1.33 bits per heavy atom. The van der Waals surface area contributed by atoms with E-state index < -0.39 is 34.6 Å². The smallest absolute Gasteiger partial charge is 0.872 e. The minimum atomic E-state index is -1.78. The molecule has 0 atom stereocenters. The molecule has 0 aromatic heterocycles. The van der Waals surface area contributed by atoms with Gasteiger partial charge in [-0.15, -0.1) is 0 Å². The third-order valence-electron chi connectivity index (χ3n) is 1.54. The topological polar surface area (TPSA) is 187 Å². The maximum atomic E-state index is 10.9. The van der Waals surface area contributed by atoms with Gasteiger partial charge in [-0.25, -0.2) is 0 Å². The van der Waals surface area contributed by atoms with Crippen molar-refractivity contribution >= 4 is 11.9 Å². The van der Waals surface area contributed by atoms with E-state index in [4.69, 9.17) is 5.11 Å². The summed E-state index contributed by atoms with van der Waals surface area (Å²) < 4.78 is 0. The molecule has 10 heteroatoms. The molecule has 1 rings (SSSR count). The van der Waals surface area contributed by atoms with Crippen molar-refractivity contribution in [2.45, 2.75) is 0 Å². The van der Waals surface area contributed by atoms with Crippen LogP contribution in [0.4, 0.5) is 0 Å².